The van der Waals surface area contributed by atoms with Crippen molar-refractivity contribution < 1.29 is 4.79 Å². The maximum Gasteiger partial charge on any atom is 0.186 e. The van der Waals surface area contributed by atoms with Crippen LogP contribution in [-0.2, 0) is 11.8 Å². The van der Waals surface area contributed by atoms with Crippen molar-refractivity contribution in [3.63, 3.8) is 0 Å². The Morgan fingerprint density at radius 2 is 1.73 bits per heavy atom. The molecule has 0 atom stereocenters. The number of nitrogens with one attached hydrogen (secondary N) is 1. The van der Waals surface area contributed by atoms with E-state index in [-0.39, 0.29) is 11.7 Å². The molecule has 1 saturated carbocycles. The molecule has 0 unspecified atom stereocenters. The van der Waals surface area contributed by atoms with Crippen molar-refractivity contribution in [2.75, 3.05) is 0 Å². The van der Waals surface area contributed by atoms with Gasteiger partial charge in [-0.2, -0.15) is 5.10 Å². The maximum atomic E-state index is 12.5. The lowest BCUT2D eigenvalue weighted by Gasteiger charge is -2.32. The number of nitrogens with zero attached hydrogens (tertiary/aromatic N) is 3. The highest BCUT2D eigenvalue weighted by Gasteiger charge is 2.40. The van der Waals surface area contributed by atoms with Crippen molar-refractivity contribution in [2.45, 2.75) is 24.7 Å². The normalized spacial score (nSPS) is 17.7. The van der Waals surface area contributed by atoms with Gasteiger partial charge in [-0.3, -0.25) is 19.9 Å². The van der Waals surface area contributed by atoms with Gasteiger partial charge in [0, 0.05) is 36.0 Å². The molecular weight excluding hydrogens is 324 g/mol. The summed E-state index contributed by atoms with van der Waals surface area (Å²) in [5, 5.41) is 7.45. The monoisotopic (exact) mass is 342 g/mol. The lowest BCUT2D eigenvalue weighted by Crippen LogP contribution is -2.32. The van der Waals surface area contributed by atoms with Gasteiger partial charge in [-0.25, -0.2) is 0 Å². The number of hydrogen-bond acceptors (Lipinski definition) is 4. The smallest absolute Gasteiger partial charge is 0.186 e. The van der Waals surface area contributed by atoms with Crippen LogP contribution in [0, 0.1) is 5.92 Å². The Hall–Kier alpha value is -3.08. The lowest BCUT2D eigenvalue weighted by molar-refractivity contribution is 0.0962. The molecule has 0 amide bonds. The van der Waals surface area contributed by atoms with Crippen LogP contribution >= 0.6 is 0 Å². The largest absolute Gasteiger partial charge is 0.292 e. The fraction of sp³-hybridized carbons (Fsp3) is 0.238. The number of carbonyl (C=O) groups is 1. The zero-order valence-electron chi connectivity index (χ0n) is 14.2. The maximum absolute atomic E-state index is 12.5. The molecular formula is C21H18N4O. The van der Waals surface area contributed by atoms with E-state index in [0.717, 1.165) is 35.5 Å². The Balaban J connectivity index is 1.63. The van der Waals surface area contributed by atoms with Crippen LogP contribution in [0.15, 0.2) is 54.9 Å². The van der Waals surface area contributed by atoms with Crippen LogP contribution < -0.4 is 0 Å². The molecule has 0 aromatic carbocycles. The molecule has 0 aliphatic heterocycles. The predicted molar refractivity (Wildman–Crippen MR) is 97.6 cm³/mol. The number of fused-ring (bicyclic) bond motifs is 1. The predicted octanol–water partition coefficient (Wildman–Crippen LogP) is 3.35. The highest BCUT2D eigenvalue weighted by molar-refractivity contribution is 6.01. The summed E-state index contributed by atoms with van der Waals surface area (Å²) >= 11 is 0. The van der Waals surface area contributed by atoms with Gasteiger partial charge in [0.05, 0.1) is 16.8 Å². The topological polar surface area (TPSA) is 71.5 Å². The molecule has 5 heteroatoms. The minimum Gasteiger partial charge on any atom is -0.292 e. The van der Waals surface area contributed by atoms with Gasteiger partial charge in [0.25, 0.3) is 0 Å². The Kier molecular flexibility index (Phi) is 3.35. The quantitative estimate of drug-likeness (QED) is 0.738. The first-order chi connectivity index (χ1) is 12.8. The van der Waals surface area contributed by atoms with E-state index in [0.29, 0.717) is 12.1 Å². The first-order valence-corrected chi connectivity index (χ1v) is 8.92. The molecule has 5 nitrogen and oxygen atoms in total. The molecule has 5 rings (SSSR count). The molecule has 3 aromatic rings. The van der Waals surface area contributed by atoms with E-state index in [4.69, 9.17) is 0 Å². The Labute approximate surface area is 151 Å². The number of pyridine rings is 2. The summed E-state index contributed by atoms with van der Waals surface area (Å²) in [5.74, 6) is 0.324. The summed E-state index contributed by atoms with van der Waals surface area (Å²) in [6.45, 7) is 0. The van der Waals surface area contributed by atoms with Gasteiger partial charge in [-0.05, 0) is 37.1 Å². The number of carbonyl (C=O) groups excluding carboxylic acids is 1. The fourth-order valence-corrected chi connectivity index (χ4v) is 3.73. The Bertz CT molecular complexity index is 948. The molecule has 128 valence electrons. The Morgan fingerprint density at radius 1 is 1.04 bits per heavy atom. The van der Waals surface area contributed by atoms with Crippen LogP contribution in [0.4, 0.5) is 0 Å². The average molecular weight is 342 g/mol. The SMILES string of the molecule is O=C(c1n[nH]c2c1C=CC(c1ccccn1)(c1ccccn1)C2)C1CC1. The van der Waals surface area contributed by atoms with Gasteiger partial charge in [0.15, 0.2) is 5.78 Å². The summed E-state index contributed by atoms with van der Waals surface area (Å²) in [4.78, 5) is 21.7. The van der Waals surface area contributed by atoms with Crippen molar-refractivity contribution in [1.29, 1.82) is 0 Å². The zero-order valence-corrected chi connectivity index (χ0v) is 14.2. The molecule has 1 N–H and O–H groups in total. The second-order valence-electron chi connectivity index (χ2n) is 7.01. The summed E-state index contributed by atoms with van der Waals surface area (Å²) in [6.07, 6.45) is 10.4. The molecule has 2 aliphatic rings. The average Bonchev–Trinajstić information content (AvgIpc) is 3.48. The third-order valence-electron chi connectivity index (χ3n) is 5.30. The molecule has 0 saturated heterocycles. The van der Waals surface area contributed by atoms with Crippen LogP contribution in [-0.4, -0.2) is 25.9 Å². The van der Waals surface area contributed by atoms with Crippen LogP contribution in [0.5, 0.6) is 0 Å². The number of hydrogen-bond donors (Lipinski definition) is 1. The van der Waals surface area contributed by atoms with Gasteiger partial charge in [-0.1, -0.05) is 24.3 Å². The van der Waals surface area contributed by atoms with E-state index < -0.39 is 5.41 Å². The molecule has 0 bridgehead atoms. The van der Waals surface area contributed by atoms with Crippen molar-refractivity contribution >= 4 is 11.9 Å². The molecule has 3 heterocycles. The van der Waals surface area contributed by atoms with Crippen molar-refractivity contribution in [1.82, 2.24) is 20.2 Å². The van der Waals surface area contributed by atoms with Crippen LogP contribution in [0.2, 0.25) is 0 Å². The summed E-state index contributed by atoms with van der Waals surface area (Å²) in [7, 11) is 0. The Morgan fingerprint density at radius 3 is 2.31 bits per heavy atom. The standard InChI is InChI=1S/C21H18N4O/c26-20(14-7-8-14)19-15-9-10-21(13-16(15)24-25-19,17-5-1-3-11-22-17)18-6-2-4-12-23-18/h1-6,9-12,14H,7-8,13H2,(H,24,25). The summed E-state index contributed by atoms with van der Waals surface area (Å²) < 4.78 is 0. The van der Waals surface area contributed by atoms with Gasteiger partial charge < -0.3 is 0 Å². The highest BCUT2D eigenvalue weighted by Crippen LogP contribution is 2.41. The molecule has 1 fully saturated rings. The van der Waals surface area contributed by atoms with Crippen LogP contribution in [0.1, 0.15) is 46.0 Å². The molecule has 26 heavy (non-hydrogen) atoms. The number of ketones is 1. The van der Waals surface area contributed by atoms with Gasteiger partial charge >= 0.3 is 0 Å². The van der Waals surface area contributed by atoms with Crippen molar-refractivity contribution in [2.24, 2.45) is 5.92 Å². The highest BCUT2D eigenvalue weighted by atomic mass is 16.1. The first-order valence-electron chi connectivity index (χ1n) is 8.92. The van der Waals surface area contributed by atoms with E-state index in [1.54, 1.807) is 12.4 Å². The van der Waals surface area contributed by atoms with Gasteiger partial charge in [-0.15, -0.1) is 0 Å². The number of Topliss-reactive ketones (excluding diaryl/α,β-unsaturated/α-hetero) is 1. The van der Waals surface area contributed by atoms with E-state index >= 15 is 0 Å². The van der Waals surface area contributed by atoms with E-state index in [1.165, 1.54) is 0 Å². The number of aromatic nitrogens is 4. The minimum absolute atomic E-state index is 0.161. The second kappa shape index (κ2) is 5.73. The van der Waals surface area contributed by atoms with Crippen molar-refractivity contribution in [3.8, 4) is 0 Å². The number of rotatable bonds is 4. The van der Waals surface area contributed by atoms with E-state index in [1.807, 2.05) is 42.5 Å². The van der Waals surface area contributed by atoms with Crippen LogP contribution in [0.3, 0.4) is 0 Å². The van der Waals surface area contributed by atoms with Crippen LogP contribution in [0.25, 0.3) is 6.08 Å². The van der Waals surface area contributed by atoms with E-state index in [9.17, 15) is 4.79 Å². The number of H-pyrrole nitrogens is 1. The number of aromatic amines is 1. The number of allylic oxidation sites excluding steroid dienone is 1. The zero-order chi connectivity index (χ0) is 17.6. The molecule has 0 radical (unpaired) electrons. The summed E-state index contributed by atoms with van der Waals surface area (Å²) in [5.41, 5.74) is 3.87. The molecule has 3 aromatic heterocycles. The molecule has 0 spiro atoms. The van der Waals surface area contributed by atoms with Gasteiger partial charge in [0.2, 0.25) is 0 Å². The lowest BCUT2D eigenvalue weighted by atomic mass is 9.72. The van der Waals surface area contributed by atoms with Gasteiger partial charge in [0.1, 0.15) is 5.69 Å². The first kappa shape index (κ1) is 15.2. The van der Waals surface area contributed by atoms with Crippen molar-refractivity contribution in [3.05, 3.63) is 83.2 Å². The second-order valence-corrected chi connectivity index (χ2v) is 7.01. The summed E-state index contributed by atoms with van der Waals surface area (Å²) in [6, 6.07) is 11.9. The minimum atomic E-state index is -0.470. The third kappa shape index (κ3) is 2.31. The molecule has 2 aliphatic carbocycles. The third-order valence-corrected chi connectivity index (χ3v) is 5.30. The van der Waals surface area contributed by atoms with E-state index in [2.05, 4.69) is 26.2 Å². The fourth-order valence-electron chi connectivity index (χ4n) is 3.73.